The van der Waals surface area contributed by atoms with E-state index in [1.54, 1.807) is 17.4 Å². The number of pyridine rings is 1. The second kappa shape index (κ2) is 6.96. The van der Waals surface area contributed by atoms with Gasteiger partial charge in [-0.1, -0.05) is 29.3 Å². The molecular formula is C15H16Cl2N3OS+. The van der Waals surface area contributed by atoms with Crippen LogP contribution in [0.2, 0.25) is 10.0 Å². The Kier molecular flexibility index (Phi) is 4.98. The van der Waals surface area contributed by atoms with Crippen molar-refractivity contribution in [2.75, 3.05) is 18.4 Å². The van der Waals surface area contributed by atoms with Gasteiger partial charge in [-0.25, -0.2) is 4.98 Å². The highest BCUT2D eigenvalue weighted by atomic mass is 35.5. The Balaban J connectivity index is 1.64. The maximum atomic E-state index is 12.3. The van der Waals surface area contributed by atoms with Crippen molar-refractivity contribution in [1.29, 1.82) is 0 Å². The summed E-state index contributed by atoms with van der Waals surface area (Å²) in [5.74, 6) is 0.289. The Labute approximate surface area is 143 Å². The van der Waals surface area contributed by atoms with Crippen LogP contribution in [0.5, 0.6) is 0 Å². The van der Waals surface area contributed by atoms with Crippen LogP contribution < -0.4 is 10.2 Å². The summed E-state index contributed by atoms with van der Waals surface area (Å²) in [5.41, 5.74) is 0. The molecule has 116 valence electrons. The van der Waals surface area contributed by atoms with Crippen LogP contribution in [0, 0.1) is 0 Å². The lowest BCUT2D eigenvalue weighted by molar-refractivity contribution is -0.910. The molecule has 7 heteroatoms. The smallest absolute Gasteiger partial charge is 0.280 e. The molecule has 2 atom stereocenters. The maximum absolute atomic E-state index is 12.3. The minimum absolute atomic E-state index is 0.0739. The largest absolute Gasteiger partial charge is 0.320 e. The fraction of sp³-hybridized carbons (Fsp3) is 0.333. The summed E-state index contributed by atoms with van der Waals surface area (Å²) in [6.45, 7) is 1.43. The lowest BCUT2D eigenvalue weighted by Gasteiger charge is -2.20. The van der Waals surface area contributed by atoms with Gasteiger partial charge in [-0.2, -0.15) is 0 Å². The topological polar surface area (TPSA) is 46.4 Å². The number of carbonyl (C=O) groups excluding carboxylic acids is 1. The van der Waals surface area contributed by atoms with Crippen molar-refractivity contribution in [3.8, 4) is 0 Å². The van der Waals surface area contributed by atoms with E-state index >= 15 is 0 Å². The summed E-state index contributed by atoms with van der Waals surface area (Å²) in [6.07, 6.45) is 3.74. The number of hydrogen-bond acceptors (Lipinski definition) is 3. The summed E-state index contributed by atoms with van der Waals surface area (Å²) in [5, 5.41) is 5.66. The highest BCUT2D eigenvalue weighted by Gasteiger charge is 2.32. The number of anilines is 1. The molecule has 1 amide bonds. The fourth-order valence-corrected chi connectivity index (χ4v) is 4.19. The van der Waals surface area contributed by atoms with Crippen molar-refractivity contribution >= 4 is 46.3 Å². The van der Waals surface area contributed by atoms with Crippen LogP contribution in [-0.2, 0) is 4.79 Å². The molecule has 22 heavy (non-hydrogen) atoms. The molecule has 4 nitrogen and oxygen atoms in total. The summed E-state index contributed by atoms with van der Waals surface area (Å²) < 4.78 is 0. The second-order valence-corrected chi connectivity index (χ2v) is 7.15. The van der Waals surface area contributed by atoms with E-state index in [1.165, 1.54) is 16.0 Å². The van der Waals surface area contributed by atoms with Gasteiger partial charge in [0.15, 0.2) is 12.4 Å². The Morgan fingerprint density at radius 1 is 1.50 bits per heavy atom. The minimum Gasteiger partial charge on any atom is -0.320 e. The van der Waals surface area contributed by atoms with Crippen LogP contribution in [-0.4, -0.2) is 24.0 Å². The molecule has 3 heterocycles. The molecule has 0 saturated carbocycles. The highest BCUT2D eigenvalue weighted by molar-refractivity contribution is 7.10. The van der Waals surface area contributed by atoms with Crippen molar-refractivity contribution in [3.05, 3.63) is 44.7 Å². The van der Waals surface area contributed by atoms with Crippen molar-refractivity contribution in [2.24, 2.45) is 0 Å². The number of hydrogen-bond donors (Lipinski definition) is 2. The zero-order valence-corrected chi connectivity index (χ0v) is 14.1. The van der Waals surface area contributed by atoms with E-state index in [-0.39, 0.29) is 5.91 Å². The molecule has 0 aliphatic carbocycles. The van der Waals surface area contributed by atoms with Crippen LogP contribution in [0.15, 0.2) is 29.8 Å². The van der Waals surface area contributed by atoms with Crippen molar-refractivity contribution in [1.82, 2.24) is 4.98 Å². The van der Waals surface area contributed by atoms with Gasteiger partial charge in [0, 0.05) is 19.0 Å². The van der Waals surface area contributed by atoms with Crippen LogP contribution in [0.1, 0.15) is 23.8 Å². The van der Waals surface area contributed by atoms with E-state index in [9.17, 15) is 4.79 Å². The first-order chi connectivity index (χ1) is 10.6. The number of carbonyl (C=O) groups is 1. The molecule has 1 saturated heterocycles. The average molecular weight is 357 g/mol. The van der Waals surface area contributed by atoms with Gasteiger partial charge in [0.1, 0.15) is 6.04 Å². The first-order valence-corrected chi connectivity index (χ1v) is 8.76. The van der Waals surface area contributed by atoms with E-state index in [0.29, 0.717) is 28.4 Å². The number of quaternary nitrogens is 1. The standard InChI is InChI=1S/C15H15Cl2N3OS/c16-10-7-11(17)15(18-8-10)19-14(21)9-20-5-1-3-12(20)13-4-2-6-22-13/h2,4,6-8,12H,1,3,5,9H2,(H,18,19,21)/p+1/t12-/m1/s1. The van der Waals surface area contributed by atoms with E-state index in [1.807, 2.05) is 0 Å². The molecular weight excluding hydrogens is 341 g/mol. The first-order valence-electron chi connectivity index (χ1n) is 7.12. The molecule has 0 radical (unpaired) electrons. The third-order valence-corrected chi connectivity index (χ3v) is 5.30. The molecule has 2 aromatic rings. The predicted molar refractivity (Wildman–Crippen MR) is 89.9 cm³/mol. The third kappa shape index (κ3) is 3.60. The Morgan fingerprint density at radius 2 is 2.36 bits per heavy atom. The normalized spacial score (nSPS) is 21.0. The zero-order chi connectivity index (χ0) is 15.5. The van der Waals surface area contributed by atoms with Crippen molar-refractivity contribution in [3.63, 3.8) is 0 Å². The van der Waals surface area contributed by atoms with Gasteiger partial charge >= 0.3 is 0 Å². The van der Waals surface area contributed by atoms with Crippen LogP contribution in [0.3, 0.4) is 0 Å². The fourth-order valence-electron chi connectivity index (χ4n) is 2.85. The molecule has 0 bridgehead atoms. The molecule has 2 N–H and O–H groups in total. The van der Waals surface area contributed by atoms with Crippen LogP contribution in [0.25, 0.3) is 0 Å². The summed E-state index contributed by atoms with van der Waals surface area (Å²) in [6, 6.07) is 6.20. The Hall–Kier alpha value is -1.14. The van der Waals surface area contributed by atoms with Gasteiger partial charge in [0.05, 0.1) is 21.5 Å². The number of aromatic nitrogens is 1. The van der Waals surface area contributed by atoms with Gasteiger partial charge in [-0.3, -0.25) is 4.79 Å². The van der Waals surface area contributed by atoms with E-state index in [0.717, 1.165) is 19.4 Å². The molecule has 2 aromatic heterocycles. The number of amides is 1. The number of nitrogens with zero attached hydrogens (tertiary/aromatic N) is 1. The van der Waals surface area contributed by atoms with Crippen molar-refractivity contribution in [2.45, 2.75) is 18.9 Å². The maximum Gasteiger partial charge on any atom is 0.280 e. The zero-order valence-electron chi connectivity index (χ0n) is 11.8. The van der Waals surface area contributed by atoms with Crippen LogP contribution >= 0.6 is 34.5 Å². The monoisotopic (exact) mass is 356 g/mol. The van der Waals surface area contributed by atoms with E-state index < -0.39 is 0 Å². The van der Waals surface area contributed by atoms with Crippen molar-refractivity contribution < 1.29 is 9.69 Å². The summed E-state index contributed by atoms with van der Waals surface area (Å²) in [7, 11) is 0. The molecule has 0 spiro atoms. The minimum atomic E-state index is -0.0739. The van der Waals surface area contributed by atoms with Gasteiger partial charge in [0.25, 0.3) is 5.91 Å². The Bertz CT molecular complexity index is 663. The number of halogens is 2. The third-order valence-electron chi connectivity index (χ3n) is 3.82. The SMILES string of the molecule is O=C(C[NH+]1CCC[C@@H]1c1cccs1)Nc1ncc(Cl)cc1Cl. The number of likely N-dealkylation sites (tertiary alicyclic amines) is 1. The quantitative estimate of drug-likeness (QED) is 0.884. The molecule has 1 unspecified atom stereocenters. The van der Waals surface area contributed by atoms with Gasteiger partial charge < -0.3 is 10.2 Å². The molecule has 1 aliphatic heterocycles. The van der Waals surface area contributed by atoms with E-state index in [4.69, 9.17) is 23.2 Å². The molecule has 0 aromatic carbocycles. The number of thiophene rings is 1. The Morgan fingerprint density at radius 3 is 3.09 bits per heavy atom. The second-order valence-electron chi connectivity index (χ2n) is 5.33. The highest BCUT2D eigenvalue weighted by Crippen LogP contribution is 2.24. The molecule has 1 aliphatic rings. The molecule has 3 rings (SSSR count). The number of nitrogens with one attached hydrogen (secondary N) is 2. The predicted octanol–water partition coefficient (Wildman–Crippen LogP) is 2.81. The first kappa shape index (κ1) is 15.7. The van der Waals surface area contributed by atoms with Gasteiger partial charge in [-0.05, 0) is 17.5 Å². The lowest BCUT2D eigenvalue weighted by Crippen LogP contribution is -3.11. The number of rotatable bonds is 4. The van der Waals surface area contributed by atoms with Gasteiger partial charge in [-0.15, -0.1) is 11.3 Å². The van der Waals surface area contributed by atoms with Crippen LogP contribution in [0.4, 0.5) is 5.82 Å². The summed E-state index contributed by atoms with van der Waals surface area (Å²) >= 11 is 13.6. The van der Waals surface area contributed by atoms with E-state index in [2.05, 4.69) is 27.8 Å². The molecule has 1 fully saturated rings. The lowest BCUT2D eigenvalue weighted by atomic mass is 10.2. The summed E-state index contributed by atoms with van der Waals surface area (Å²) in [4.78, 5) is 19.0. The van der Waals surface area contributed by atoms with Gasteiger partial charge in [0.2, 0.25) is 0 Å². The average Bonchev–Trinajstić information content (AvgIpc) is 3.12.